The van der Waals surface area contributed by atoms with Crippen molar-refractivity contribution in [1.82, 2.24) is 24.3 Å². The monoisotopic (exact) mass is 365 g/mol. The minimum Gasteiger partial charge on any atom is -0.472 e. The SMILES string of the molecule is Cc1nn(C(C)C)c(C)c1S(=O)(=O)N1CC[C@H](Oc2cccnn2)C1. The van der Waals surface area contributed by atoms with Gasteiger partial charge in [-0.15, -0.1) is 5.10 Å². The molecule has 2 aromatic rings. The second kappa shape index (κ2) is 6.72. The van der Waals surface area contributed by atoms with Crippen molar-refractivity contribution >= 4 is 10.0 Å². The standard InChI is InChI=1S/C16H23N5O3S/c1-11(2)21-13(4)16(12(3)19-21)25(22,23)20-9-7-14(10-20)24-15-6-5-8-17-18-15/h5-6,8,11,14H,7,9-10H2,1-4H3/t14-/m0/s1. The van der Waals surface area contributed by atoms with Gasteiger partial charge in [-0.05, 0) is 40.2 Å². The van der Waals surface area contributed by atoms with Crippen molar-refractivity contribution in [2.24, 2.45) is 0 Å². The van der Waals surface area contributed by atoms with Crippen LogP contribution in [0.5, 0.6) is 5.88 Å². The lowest BCUT2D eigenvalue weighted by atomic mass is 10.3. The topological polar surface area (TPSA) is 90.2 Å². The highest BCUT2D eigenvalue weighted by Gasteiger charge is 2.37. The molecule has 25 heavy (non-hydrogen) atoms. The number of aromatic nitrogens is 4. The number of sulfonamides is 1. The second-order valence-electron chi connectivity index (χ2n) is 6.49. The zero-order valence-corrected chi connectivity index (χ0v) is 15.7. The average Bonchev–Trinajstić information content (AvgIpc) is 3.13. The van der Waals surface area contributed by atoms with Crippen molar-refractivity contribution in [2.45, 2.75) is 51.2 Å². The van der Waals surface area contributed by atoms with E-state index in [1.165, 1.54) is 4.31 Å². The minimum absolute atomic E-state index is 0.106. The van der Waals surface area contributed by atoms with Crippen LogP contribution in [0.2, 0.25) is 0 Å². The molecule has 3 rings (SSSR count). The molecule has 0 spiro atoms. The lowest BCUT2D eigenvalue weighted by Gasteiger charge is -2.17. The summed E-state index contributed by atoms with van der Waals surface area (Å²) < 4.78 is 35.2. The van der Waals surface area contributed by atoms with E-state index in [9.17, 15) is 8.42 Å². The van der Waals surface area contributed by atoms with E-state index in [1.807, 2.05) is 13.8 Å². The molecule has 0 amide bonds. The Morgan fingerprint density at radius 3 is 2.68 bits per heavy atom. The van der Waals surface area contributed by atoms with Gasteiger partial charge >= 0.3 is 0 Å². The highest BCUT2D eigenvalue weighted by molar-refractivity contribution is 7.89. The summed E-state index contributed by atoms with van der Waals surface area (Å²) in [7, 11) is -3.60. The highest BCUT2D eigenvalue weighted by Crippen LogP contribution is 2.28. The van der Waals surface area contributed by atoms with Gasteiger partial charge in [-0.3, -0.25) is 4.68 Å². The Morgan fingerprint density at radius 1 is 1.32 bits per heavy atom. The van der Waals surface area contributed by atoms with Crippen LogP contribution in [0, 0.1) is 13.8 Å². The van der Waals surface area contributed by atoms with Crippen LogP contribution in [-0.4, -0.2) is 51.9 Å². The average molecular weight is 365 g/mol. The van der Waals surface area contributed by atoms with Crippen LogP contribution < -0.4 is 4.74 Å². The smallest absolute Gasteiger partial charge is 0.246 e. The molecule has 1 aliphatic heterocycles. The van der Waals surface area contributed by atoms with Gasteiger partial charge in [-0.25, -0.2) is 8.42 Å². The van der Waals surface area contributed by atoms with Crippen LogP contribution >= 0.6 is 0 Å². The molecule has 1 atom stereocenters. The molecule has 2 aromatic heterocycles. The van der Waals surface area contributed by atoms with Gasteiger partial charge in [0.25, 0.3) is 0 Å². The lowest BCUT2D eigenvalue weighted by Crippen LogP contribution is -2.31. The van der Waals surface area contributed by atoms with Crippen LogP contribution in [0.25, 0.3) is 0 Å². The van der Waals surface area contributed by atoms with Gasteiger partial charge in [0.1, 0.15) is 11.0 Å². The lowest BCUT2D eigenvalue weighted by molar-refractivity contribution is 0.204. The third-order valence-electron chi connectivity index (χ3n) is 4.29. The molecule has 1 fully saturated rings. The maximum atomic E-state index is 13.1. The van der Waals surface area contributed by atoms with E-state index in [-0.39, 0.29) is 12.1 Å². The molecule has 3 heterocycles. The van der Waals surface area contributed by atoms with Crippen molar-refractivity contribution in [1.29, 1.82) is 0 Å². The Balaban J connectivity index is 1.80. The summed E-state index contributed by atoms with van der Waals surface area (Å²) in [6, 6.07) is 3.55. The predicted molar refractivity (Wildman–Crippen MR) is 91.9 cm³/mol. The third kappa shape index (κ3) is 3.38. The molecule has 8 nitrogen and oxygen atoms in total. The number of rotatable bonds is 5. The van der Waals surface area contributed by atoms with Crippen molar-refractivity contribution < 1.29 is 13.2 Å². The first-order chi connectivity index (χ1) is 11.8. The first-order valence-electron chi connectivity index (χ1n) is 8.31. The fourth-order valence-electron chi connectivity index (χ4n) is 3.19. The second-order valence-corrected chi connectivity index (χ2v) is 8.37. The molecule has 9 heteroatoms. The Morgan fingerprint density at radius 2 is 2.08 bits per heavy atom. The van der Waals surface area contributed by atoms with Crippen LogP contribution in [0.3, 0.4) is 0 Å². The fourth-order valence-corrected chi connectivity index (χ4v) is 5.03. The molecule has 0 radical (unpaired) electrons. The Bertz CT molecular complexity index is 848. The largest absolute Gasteiger partial charge is 0.472 e. The predicted octanol–water partition coefficient (Wildman–Crippen LogP) is 1.71. The molecular formula is C16H23N5O3S. The molecule has 0 aliphatic carbocycles. The molecule has 0 saturated carbocycles. The first-order valence-corrected chi connectivity index (χ1v) is 9.75. The summed E-state index contributed by atoms with van der Waals surface area (Å²) >= 11 is 0. The maximum Gasteiger partial charge on any atom is 0.246 e. The minimum atomic E-state index is -3.60. The quantitative estimate of drug-likeness (QED) is 0.801. The van der Waals surface area contributed by atoms with Crippen molar-refractivity contribution in [2.75, 3.05) is 13.1 Å². The fraction of sp³-hybridized carbons (Fsp3) is 0.562. The molecule has 0 N–H and O–H groups in total. The molecule has 1 aliphatic rings. The Kier molecular flexibility index (Phi) is 4.79. The number of ether oxygens (including phenoxy) is 1. The van der Waals surface area contributed by atoms with E-state index in [0.29, 0.717) is 41.7 Å². The maximum absolute atomic E-state index is 13.1. The zero-order valence-electron chi connectivity index (χ0n) is 14.9. The van der Waals surface area contributed by atoms with E-state index in [2.05, 4.69) is 15.3 Å². The molecule has 1 saturated heterocycles. The number of hydrogen-bond donors (Lipinski definition) is 0. The summed E-state index contributed by atoms with van der Waals surface area (Å²) in [5.41, 5.74) is 1.20. The van der Waals surface area contributed by atoms with Crippen molar-refractivity contribution in [3.8, 4) is 5.88 Å². The molecule has 0 aromatic carbocycles. The summed E-state index contributed by atoms with van der Waals surface area (Å²) in [6.45, 7) is 8.22. The summed E-state index contributed by atoms with van der Waals surface area (Å²) in [6.07, 6.45) is 1.95. The Labute approximate surface area is 147 Å². The van der Waals surface area contributed by atoms with Crippen LogP contribution in [0.15, 0.2) is 23.2 Å². The van der Waals surface area contributed by atoms with E-state index in [1.54, 1.807) is 36.9 Å². The van der Waals surface area contributed by atoms with Gasteiger partial charge in [-0.1, -0.05) is 0 Å². The molecule has 136 valence electrons. The van der Waals surface area contributed by atoms with E-state index >= 15 is 0 Å². The van der Waals surface area contributed by atoms with Gasteiger partial charge in [0, 0.05) is 24.8 Å². The van der Waals surface area contributed by atoms with Gasteiger partial charge in [0.15, 0.2) is 0 Å². The van der Waals surface area contributed by atoms with E-state index in [4.69, 9.17) is 4.74 Å². The number of hydrogen-bond acceptors (Lipinski definition) is 6. The normalized spacial score (nSPS) is 18.8. The van der Waals surface area contributed by atoms with Gasteiger partial charge in [0.2, 0.25) is 15.9 Å². The highest BCUT2D eigenvalue weighted by atomic mass is 32.2. The molecular weight excluding hydrogens is 342 g/mol. The molecule has 0 bridgehead atoms. The van der Waals surface area contributed by atoms with Gasteiger partial charge in [0.05, 0.1) is 17.9 Å². The van der Waals surface area contributed by atoms with Gasteiger partial charge < -0.3 is 4.74 Å². The Hall–Kier alpha value is -2.00. The molecule has 0 unspecified atom stereocenters. The summed E-state index contributed by atoms with van der Waals surface area (Å²) in [5.74, 6) is 0.409. The number of nitrogens with zero attached hydrogens (tertiary/aromatic N) is 5. The van der Waals surface area contributed by atoms with Crippen molar-refractivity contribution in [3.05, 3.63) is 29.7 Å². The third-order valence-corrected chi connectivity index (χ3v) is 6.41. The summed E-state index contributed by atoms with van der Waals surface area (Å²) in [4.78, 5) is 0.307. The van der Waals surface area contributed by atoms with Gasteiger partial charge in [-0.2, -0.15) is 14.5 Å². The van der Waals surface area contributed by atoms with E-state index < -0.39 is 10.0 Å². The van der Waals surface area contributed by atoms with Crippen LogP contribution in [0.1, 0.15) is 37.7 Å². The van der Waals surface area contributed by atoms with E-state index in [0.717, 1.165) is 0 Å². The van der Waals surface area contributed by atoms with Crippen LogP contribution in [0.4, 0.5) is 0 Å². The van der Waals surface area contributed by atoms with Crippen molar-refractivity contribution in [3.63, 3.8) is 0 Å². The zero-order chi connectivity index (χ0) is 18.2. The number of aryl methyl sites for hydroxylation is 1. The first kappa shape index (κ1) is 17.8. The summed E-state index contributed by atoms with van der Waals surface area (Å²) in [5, 5.41) is 12.0. The van der Waals surface area contributed by atoms with Crippen LogP contribution in [-0.2, 0) is 10.0 Å².